The molecule has 0 aliphatic heterocycles. The molecule has 1 fully saturated rings. The zero-order valence-corrected chi connectivity index (χ0v) is 14.3. The van der Waals surface area contributed by atoms with E-state index in [1.165, 1.54) is 12.3 Å². The summed E-state index contributed by atoms with van der Waals surface area (Å²) in [4.78, 5) is 14.1. The van der Waals surface area contributed by atoms with Crippen molar-refractivity contribution in [2.45, 2.75) is 31.8 Å². The summed E-state index contributed by atoms with van der Waals surface area (Å²) in [5, 5.41) is 0.610. The molecule has 120 valence electrons. The van der Waals surface area contributed by atoms with Gasteiger partial charge >= 0.3 is 0 Å². The Morgan fingerprint density at radius 3 is 2.68 bits per heavy atom. The lowest BCUT2D eigenvalue weighted by Crippen LogP contribution is -2.43. The molecule has 2 rings (SSSR count). The SMILES string of the molecule is C[C@H](CS(C)(=O)=O)N(C(=O)/C=C/c1cccc(Cl)c1)C1CC1. The number of nitrogens with zero attached hydrogens (tertiary/aromatic N) is 1. The van der Waals surface area contributed by atoms with Gasteiger partial charge in [0.1, 0.15) is 9.84 Å². The maximum atomic E-state index is 12.4. The Balaban J connectivity index is 2.10. The molecule has 0 heterocycles. The van der Waals surface area contributed by atoms with E-state index in [4.69, 9.17) is 11.6 Å². The highest BCUT2D eigenvalue weighted by molar-refractivity contribution is 7.90. The van der Waals surface area contributed by atoms with Gasteiger partial charge in [0, 0.05) is 29.4 Å². The van der Waals surface area contributed by atoms with Crippen LogP contribution in [0.1, 0.15) is 25.3 Å². The second-order valence-electron chi connectivity index (χ2n) is 5.81. The first-order valence-corrected chi connectivity index (χ1v) is 9.64. The number of rotatable bonds is 6. The van der Waals surface area contributed by atoms with Crippen LogP contribution in [-0.4, -0.2) is 43.3 Å². The number of carbonyl (C=O) groups is 1. The van der Waals surface area contributed by atoms with E-state index >= 15 is 0 Å². The summed E-state index contributed by atoms with van der Waals surface area (Å²) >= 11 is 5.91. The minimum atomic E-state index is -3.12. The van der Waals surface area contributed by atoms with E-state index in [0.29, 0.717) is 5.02 Å². The van der Waals surface area contributed by atoms with Gasteiger partial charge < -0.3 is 4.90 Å². The van der Waals surface area contributed by atoms with E-state index in [0.717, 1.165) is 18.4 Å². The fourth-order valence-electron chi connectivity index (χ4n) is 2.49. The highest BCUT2D eigenvalue weighted by atomic mass is 35.5. The first-order valence-electron chi connectivity index (χ1n) is 7.20. The van der Waals surface area contributed by atoms with E-state index in [-0.39, 0.29) is 23.7 Å². The maximum Gasteiger partial charge on any atom is 0.247 e. The average molecular weight is 342 g/mol. The average Bonchev–Trinajstić information content (AvgIpc) is 3.19. The largest absolute Gasteiger partial charge is 0.332 e. The third-order valence-corrected chi connectivity index (χ3v) is 4.80. The van der Waals surface area contributed by atoms with Crippen molar-refractivity contribution in [1.82, 2.24) is 4.90 Å². The molecule has 1 aliphatic rings. The Morgan fingerprint density at radius 2 is 2.14 bits per heavy atom. The van der Waals surface area contributed by atoms with Crippen molar-refractivity contribution in [3.63, 3.8) is 0 Å². The summed E-state index contributed by atoms with van der Waals surface area (Å²) in [5.41, 5.74) is 0.840. The smallest absolute Gasteiger partial charge is 0.247 e. The van der Waals surface area contributed by atoms with Crippen LogP contribution in [0, 0.1) is 0 Å². The molecule has 1 amide bonds. The quantitative estimate of drug-likeness (QED) is 0.748. The fourth-order valence-corrected chi connectivity index (χ4v) is 3.73. The molecule has 0 N–H and O–H groups in total. The minimum absolute atomic E-state index is 0.0136. The van der Waals surface area contributed by atoms with Gasteiger partial charge in [-0.05, 0) is 43.5 Å². The van der Waals surface area contributed by atoms with Crippen LogP contribution >= 0.6 is 11.6 Å². The van der Waals surface area contributed by atoms with Gasteiger partial charge in [-0.3, -0.25) is 4.79 Å². The molecule has 1 aliphatic carbocycles. The van der Waals surface area contributed by atoms with Crippen molar-refractivity contribution in [3.05, 3.63) is 40.9 Å². The second kappa shape index (κ2) is 6.84. The summed E-state index contributed by atoms with van der Waals surface area (Å²) in [7, 11) is -3.12. The first-order chi connectivity index (χ1) is 10.3. The third kappa shape index (κ3) is 5.14. The molecule has 6 heteroatoms. The molecule has 1 aromatic rings. The minimum Gasteiger partial charge on any atom is -0.332 e. The molecule has 22 heavy (non-hydrogen) atoms. The highest BCUT2D eigenvalue weighted by Gasteiger charge is 2.35. The molecule has 1 atom stereocenters. The number of halogens is 1. The first kappa shape index (κ1) is 17.0. The molecule has 0 spiro atoms. The standard InChI is InChI=1S/C16H20ClNO3S/c1-12(11-22(2,20)21)18(15-7-8-15)16(19)9-6-13-4-3-5-14(17)10-13/h3-6,9-10,12,15H,7-8,11H2,1-2H3/b9-6+/t12-/m1/s1. The number of sulfone groups is 1. The van der Waals surface area contributed by atoms with Crippen LogP contribution in [0.5, 0.6) is 0 Å². The number of hydrogen-bond donors (Lipinski definition) is 0. The van der Waals surface area contributed by atoms with Gasteiger partial charge in [-0.15, -0.1) is 0 Å². The second-order valence-corrected chi connectivity index (χ2v) is 8.43. The normalized spacial score (nSPS) is 16.7. The van der Waals surface area contributed by atoms with Crippen molar-refractivity contribution < 1.29 is 13.2 Å². The van der Waals surface area contributed by atoms with E-state index in [9.17, 15) is 13.2 Å². The zero-order chi connectivity index (χ0) is 16.3. The van der Waals surface area contributed by atoms with Crippen molar-refractivity contribution >= 4 is 33.4 Å². The van der Waals surface area contributed by atoms with Crippen LogP contribution in [0.2, 0.25) is 5.02 Å². The lowest BCUT2D eigenvalue weighted by Gasteiger charge is -2.27. The maximum absolute atomic E-state index is 12.4. The zero-order valence-electron chi connectivity index (χ0n) is 12.7. The van der Waals surface area contributed by atoms with E-state index in [2.05, 4.69) is 0 Å². The van der Waals surface area contributed by atoms with E-state index in [1.807, 2.05) is 12.1 Å². The monoisotopic (exact) mass is 341 g/mol. The van der Waals surface area contributed by atoms with Gasteiger partial charge in [-0.25, -0.2) is 8.42 Å². The molecule has 0 bridgehead atoms. The number of hydrogen-bond acceptors (Lipinski definition) is 3. The fraction of sp³-hybridized carbons (Fsp3) is 0.438. The Kier molecular flexibility index (Phi) is 5.29. The Bertz CT molecular complexity index is 680. The highest BCUT2D eigenvalue weighted by Crippen LogP contribution is 2.29. The van der Waals surface area contributed by atoms with Gasteiger partial charge in [0.05, 0.1) is 5.75 Å². The Morgan fingerprint density at radius 1 is 1.45 bits per heavy atom. The van der Waals surface area contributed by atoms with Crippen LogP contribution in [0.4, 0.5) is 0 Å². The Labute approximate surface area is 136 Å². The van der Waals surface area contributed by atoms with Crippen LogP contribution in [0.3, 0.4) is 0 Å². The molecule has 0 aromatic heterocycles. The lowest BCUT2D eigenvalue weighted by atomic mass is 10.2. The van der Waals surface area contributed by atoms with Gasteiger partial charge in [-0.1, -0.05) is 23.7 Å². The van der Waals surface area contributed by atoms with Crippen LogP contribution < -0.4 is 0 Å². The summed E-state index contributed by atoms with van der Waals surface area (Å²) < 4.78 is 22.9. The lowest BCUT2D eigenvalue weighted by molar-refractivity contribution is -0.128. The van der Waals surface area contributed by atoms with Gasteiger partial charge in [0.25, 0.3) is 0 Å². The van der Waals surface area contributed by atoms with Crippen molar-refractivity contribution in [1.29, 1.82) is 0 Å². The number of benzene rings is 1. The number of amides is 1. The molecule has 1 saturated carbocycles. The van der Waals surface area contributed by atoms with Gasteiger partial charge in [0.2, 0.25) is 5.91 Å². The Hall–Kier alpha value is -1.33. The van der Waals surface area contributed by atoms with Crippen molar-refractivity contribution in [3.8, 4) is 0 Å². The predicted molar refractivity (Wildman–Crippen MR) is 89.5 cm³/mol. The van der Waals surface area contributed by atoms with Crippen LogP contribution in [0.25, 0.3) is 6.08 Å². The van der Waals surface area contributed by atoms with Crippen molar-refractivity contribution in [2.24, 2.45) is 0 Å². The summed E-state index contributed by atoms with van der Waals surface area (Å²) in [5.74, 6) is -0.168. The van der Waals surface area contributed by atoms with Gasteiger partial charge in [0.15, 0.2) is 0 Å². The third-order valence-electron chi connectivity index (χ3n) is 3.48. The summed E-state index contributed by atoms with van der Waals surface area (Å²) in [6, 6.07) is 7.05. The van der Waals surface area contributed by atoms with Crippen LogP contribution in [0.15, 0.2) is 30.3 Å². The molecular formula is C16H20ClNO3S. The van der Waals surface area contributed by atoms with E-state index in [1.54, 1.807) is 30.0 Å². The van der Waals surface area contributed by atoms with E-state index < -0.39 is 9.84 Å². The summed E-state index contributed by atoms with van der Waals surface area (Å²) in [6.45, 7) is 1.78. The molecule has 1 aromatic carbocycles. The molecule has 0 saturated heterocycles. The van der Waals surface area contributed by atoms with Gasteiger partial charge in [-0.2, -0.15) is 0 Å². The molecule has 0 radical (unpaired) electrons. The molecular weight excluding hydrogens is 322 g/mol. The topological polar surface area (TPSA) is 54.5 Å². The summed E-state index contributed by atoms with van der Waals surface area (Å²) in [6.07, 6.45) is 6.26. The predicted octanol–water partition coefficient (Wildman–Crippen LogP) is 2.78. The van der Waals surface area contributed by atoms with Crippen LogP contribution in [-0.2, 0) is 14.6 Å². The number of carbonyl (C=O) groups excluding carboxylic acids is 1. The van der Waals surface area contributed by atoms with Crippen molar-refractivity contribution in [2.75, 3.05) is 12.0 Å². The molecule has 0 unspecified atom stereocenters. The molecule has 4 nitrogen and oxygen atoms in total.